The molecule has 0 atom stereocenters. The minimum Gasteiger partial charge on any atom is -0.489 e. The Balaban J connectivity index is 1.90. The molecule has 0 fully saturated rings. The van der Waals surface area contributed by atoms with Crippen LogP contribution in [0.1, 0.15) is 22.8 Å². The van der Waals surface area contributed by atoms with Gasteiger partial charge >= 0.3 is 5.97 Å². The van der Waals surface area contributed by atoms with Gasteiger partial charge in [0.2, 0.25) is 0 Å². The highest BCUT2D eigenvalue weighted by molar-refractivity contribution is 6.04. The number of hydrogen-bond acceptors (Lipinski definition) is 5. The van der Waals surface area contributed by atoms with Crippen molar-refractivity contribution in [3.05, 3.63) is 78.0 Å². The van der Waals surface area contributed by atoms with Crippen molar-refractivity contribution in [3.8, 4) is 5.75 Å². The number of rotatable bonds is 7. The summed E-state index contributed by atoms with van der Waals surface area (Å²) < 4.78 is 5.67. The number of allylic oxidation sites excluding steroid dienone is 1. The Morgan fingerprint density at radius 3 is 2.33 bits per heavy atom. The fourth-order valence-corrected chi connectivity index (χ4v) is 1.96. The zero-order chi connectivity index (χ0) is 17.4. The summed E-state index contributed by atoms with van der Waals surface area (Å²) >= 11 is 0. The molecule has 0 radical (unpaired) electrons. The number of hydroxylamine groups is 2. The fraction of sp³-hybridized carbons (Fsp3) is 0.158. The van der Waals surface area contributed by atoms with Crippen molar-refractivity contribution in [2.45, 2.75) is 13.5 Å². The van der Waals surface area contributed by atoms with Crippen LogP contribution in [-0.2, 0) is 16.2 Å². The molecule has 0 N–H and O–H groups in total. The van der Waals surface area contributed by atoms with Gasteiger partial charge in [-0.05, 0) is 29.8 Å². The number of carbonyl (C=O) groups is 2. The Hall–Kier alpha value is -3.08. The maximum Gasteiger partial charge on any atom is 0.329 e. The topological polar surface area (TPSA) is 55.8 Å². The molecule has 0 aliphatic rings. The van der Waals surface area contributed by atoms with Crippen LogP contribution in [0.3, 0.4) is 0 Å². The summed E-state index contributed by atoms with van der Waals surface area (Å²) in [6, 6.07) is 16.7. The fourth-order valence-electron chi connectivity index (χ4n) is 1.96. The molecular formula is C19H19NO4. The van der Waals surface area contributed by atoms with E-state index < -0.39 is 5.97 Å². The average Bonchev–Trinajstić information content (AvgIpc) is 2.58. The molecule has 5 nitrogen and oxygen atoms in total. The second kappa shape index (κ2) is 8.53. The minimum atomic E-state index is -0.450. The first-order chi connectivity index (χ1) is 11.5. The van der Waals surface area contributed by atoms with Crippen LogP contribution in [0.4, 0.5) is 0 Å². The molecule has 24 heavy (non-hydrogen) atoms. The van der Waals surface area contributed by atoms with Gasteiger partial charge in [-0.25, -0.2) is 5.06 Å². The number of nitrogens with zero attached hydrogens (tertiary/aromatic N) is 1. The third-order valence-corrected chi connectivity index (χ3v) is 3.10. The molecular weight excluding hydrogens is 306 g/mol. The lowest BCUT2D eigenvalue weighted by Crippen LogP contribution is -2.15. The van der Waals surface area contributed by atoms with Crippen molar-refractivity contribution < 1.29 is 19.2 Å². The van der Waals surface area contributed by atoms with E-state index in [1.54, 1.807) is 24.3 Å². The van der Waals surface area contributed by atoms with Gasteiger partial charge in [-0.2, -0.15) is 0 Å². The summed E-state index contributed by atoms with van der Waals surface area (Å²) in [6.07, 6.45) is 2.73. The van der Waals surface area contributed by atoms with Gasteiger partial charge in [0.15, 0.2) is 5.78 Å². The lowest BCUT2D eigenvalue weighted by atomic mass is 10.1. The highest BCUT2D eigenvalue weighted by Gasteiger charge is 2.04. The predicted octanol–water partition coefficient (Wildman–Crippen LogP) is 3.37. The monoisotopic (exact) mass is 325 g/mol. The van der Waals surface area contributed by atoms with E-state index in [0.717, 1.165) is 5.56 Å². The van der Waals surface area contributed by atoms with E-state index in [1.807, 2.05) is 30.3 Å². The number of hydrogen-bond donors (Lipinski definition) is 0. The molecule has 0 unspecified atom stereocenters. The number of benzene rings is 2. The SMILES string of the molecule is CC(=O)ON(C)/C=C\C(=O)c1ccc(OCc2ccccc2)cc1. The van der Waals surface area contributed by atoms with Crippen LogP contribution in [0, 0.1) is 0 Å². The molecule has 0 heterocycles. The lowest BCUT2D eigenvalue weighted by Gasteiger charge is -2.11. The zero-order valence-corrected chi connectivity index (χ0v) is 13.6. The van der Waals surface area contributed by atoms with Crippen LogP contribution in [0.2, 0.25) is 0 Å². The Labute approximate surface area is 141 Å². The first-order valence-electron chi connectivity index (χ1n) is 7.45. The largest absolute Gasteiger partial charge is 0.489 e. The van der Waals surface area contributed by atoms with Gasteiger partial charge in [0.25, 0.3) is 0 Å². The Kier molecular flexibility index (Phi) is 6.14. The standard InChI is InChI=1S/C19H19NO4/c1-15(21)24-20(2)13-12-19(22)17-8-10-18(11-9-17)23-14-16-6-4-3-5-7-16/h3-13H,14H2,1-2H3/b13-12-. The Morgan fingerprint density at radius 2 is 1.71 bits per heavy atom. The third kappa shape index (κ3) is 5.61. The molecule has 0 amide bonds. The first kappa shape index (κ1) is 17.3. The first-order valence-corrected chi connectivity index (χ1v) is 7.45. The van der Waals surface area contributed by atoms with Crippen molar-refractivity contribution in [2.24, 2.45) is 0 Å². The zero-order valence-electron chi connectivity index (χ0n) is 13.6. The van der Waals surface area contributed by atoms with Crippen molar-refractivity contribution >= 4 is 11.8 Å². The second-order valence-electron chi connectivity index (χ2n) is 5.11. The van der Waals surface area contributed by atoms with E-state index in [1.165, 1.54) is 31.3 Å². The van der Waals surface area contributed by atoms with Crippen LogP contribution in [-0.4, -0.2) is 23.9 Å². The van der Waals surface area contributed by atoms with E-state index in [4.69, 9.17) is 9.57 Å². The van der Waals surface area contributed by atoms with E-state index in [0.29, 0.717) is 17.9 Å². The van der Waals surface area contributed by atoms with Gasteiger partial charge in [-0.1, -0.05) is 30.3 Å². The summed E-state index contributed by atoms with van der Waals surface area (Å²) in [7, 11) is 1.53. The van der Waals surface area contributed by atoms with Gasteiger partial charge in [-0.3, -0.25) is 9.59 Å². The van der Waals surface area contributed by atoms with Crippen LogP contribution in [0.15, 0.2) is 66.9 Å². The molecule has 0 bridgehead atoms. The van der Waals surface area contributed by atoms with Crippen molar-refractivity contribution in [1.82, 2.24) is 5.06 Å². The van der Waals surface area contributed by atoms with E-state index in [9.17, 15) is 9.59 Å². The molecule has 2 rings (SSSR count). The molecule has 2 aromatic carbocycles. The van der Waals surface area contributed by atoms with Gasteiger partial charge < -0.3 is 9.57 Å². The predicted molar refractivity (Wildman–Crippen MR) is 90.2 cm³/mol. The highest BCUT2D eigenvalue weighted by atomic mass is 16.7. The smallest absolute Gasteiger partial charge is 0.329 e. The average molecular weight is 325 g/mol. The minimum absolute atomic E-state index is 0.191. The maximum atomic E-state index is 12.0. The second-order valence-corrected chi connectivity index (χ2v) is 5.11. The number of ketones is 1. The van der Waals surface area contributed by atoms with Crippen molar-refractivity contribution in [1.29, 1.82) is 0 Å². The maximum absolute atomic E-state index is 12.0. The van der Waals surface area contributed by atoms with E-state index >= 15 is 0 Å². The molecule has 0 saturated heterocycles. The van der Waals surface area contributed by atoms with Crippen LogP contribution < -0.4 is 4.74 Å². The lowest BCUT2D eigenvalue weighted by molar-refractivity contribution is -0.170. The Bertz CT molecular complexity index is 708. The van der Waals surface area contributed by atoms with E-state index in [2.05, 4.69) is 0 Å². The van der Waals surface area contributed by atoms with Gasteiger partial charge in [0.05, 0.1) is 0 Å². The molecule has 0 aliphatic heterocycles. The van der Waals surface area contributed by atoms with Gasteiger partial charge in [0, 0.05) is 31.8 Å². The van der Waals surface area contributed by atoms with Crippen molar-refractivity contribution in [2.75, 3.05) is 7.05 Å². The third-order valence-electron chi connectivity index (χ3n) is 3.10. The summed E-state index contributed by atoms with van der Waals surface area (Å²) in [4.78, 5) is 27.6. The highest BCUT2D eigenvalue weighted by Crippen LogP contribution is 2.15. The normalized spacial score (nSPS) is 10.4. The summed E-state index contributed by atoms with van der Waals surface area (Å²) in [5, 5.41) is 1.18. The number of carbonyl (C=O) groups excluding carboxylic acids is 2. The molecule has 0 saturated carbocycles. The van der Waals surface area contributed by atoms with Gasteiger partial charge in [-0.15, -0.1) is 0 Å². The van der Waals surface area contributed by atoms with Crippen molar-refractivity contribution in [3.63, 3.8) is 0 Å². The molecule has 2 aromatic rings. The number of ether oxygens (including phenoxy) is 1. The molecule has 5 heteroatoms. The van der Waals surface area contributed by atoms with E-state index in [-0.39, 0.29) is 5.78 Å². The quantitative estimate of drug-likeness (QED) is 0.444. The molecule has 0 spiro atoms. The molecule has 124 valence electrons. The Morgan fingerprint density at radius 1 is 1.04 bits per heavy atom. The van der Waals surface area contributed by atoms with Crippen LogP contribution in [0.25, 0.3) is 0 Å². The van der Waals surface area contributed by atoms with Crippen LogP contribution in [0.5, 0.6) is 5.75 Å². The summed E-state index contributed by atoms with van der Waals surface area (Å²) in [6.45, 7) is 1.77. The van der Waals surface area contributed by atoms with Gasteiger partial charge in [0.1, 0.15) is 12.4 Å². The summed E-state index contributed by atoms with van der Waals surface area (Å²) in [5.41, 5.74) is 1.60. The molecule has 0 aliphatic carbocycles. The summed E-state index contributed by atoms with van der Waals surface area (Å²) in [5.74, 6) is 0.0505. The molecule has 0 aromatic heterocycles. The van der Waals surface area contributed by atoms with Crippen LogP contribution >= 0.6 is 0 Å².